The summed E-state index contributed by atoms with van der Waals surface area (Å²) >= 11 is 0. The second kappa shape index (κ2) is 24.6. The van der Waals surface area contributed by atoms with E-state index >= 15 is 0 Å². The average Bonchev–Trinajstić information content (AvgIpc) is 1.58. The lowest BCUT2D eigenvalue weighted by molar-refractivity contribution is 1.07. The van der Waals surface area contributed by atoms with Crippen LogP contribution in [-0.4, -0.2) is 24.1 Å². The van der Waals surface area contributed by atoms with E-state index in [0.29, 0.717) is 34.3 Å². The molecule has 98 heavy (non-hydrogen) atoms. The summed E-state index contributed by atoms with van der Waals surface area (Å²) in [6, 6.07) is 118. The molecular formula is C90H54N8. The van der Waals surface area contributed by atoms with Gasteiger partial charge in [0.25, 0.3) is 0 Å². The van der Waals surface area contributed by atoms with E-state index in [-0.39, 0.29) is 0 Å². The second-order valence-corrected chi connectivity index (χ2v) is 24.4. The summed E-state index contributed by atoms with van der Waals surface area (Å²) in [5, 5.41) is 25.0. The van der Waals surface area contributed by atoms with Crippen LogP contribution in [-0.2, 0) is 0 Å². The SMILES string of the molecule is [C-]#[N+]c1cccc(-c2cc(-c3nc(-c4ccc(-c5ccccc5C#N)cc4)nc(-c4ccc(-n5c6ccc(-c7ccccc7)cc6c6cc(-c7ccccc7)ccc65)c(-c5cccc(C#N)c5)c4)n3)ccc2-n2c3ccc(-c4ccccc4)cc3c3cc(-c4ccccc4)ccc32)c1. The van der Waals surface area contributed by atoms with Crippen molar-refractivity contribution in [3.05, 3.63) is 350 Å². The number of fused-ring (bicyclic) bond motifs is 6. The van der Waals surface area contributed by atoms with Crippen LogP contribution >= 0.6 is 0 Å². The van der Waals surface area contributed by atoms with Crippen molar-refractivity contribution < 1.29 is 0 Å². The maximum absolute atomic E-state index is 10.5. The zero-order chi connectivity index (χ0) is 65.6. The Morgan fingerprint density at radius 1 is 0.265 bits per heavy atom. The Morgan fingerprint density at radius 3 is 1.04 bits per heavy atom. The normalized spacial score (nSPS) is 11.2. The minimum absolute atomic E-state index is 0.432. The first-order chi connectivity index (χ1) is 48.4. The van der Waals surface area contributed by atoms with Gasteiger partial charge in [-0.25, -0.2) is 19.8 Å². The van der Waals surface area contributed by atoms with Crippen LogP contribution in [0.15, 0.2) is 328 Å². The molecule has 0 unspecified atom stereocenters. The molecule has 0 aliphatic carbocycles. The maximum Gasteiger partial charge on any atom is 0.187 e. The molecule has 17 rings (SSSR count). The minimum Gasteiger partial charge on any atom is -0.309 e. The summed E-state index contributed by atoms with van der Waals surface area (Å²) in [7, 11) is 0. The summed E-state index contributed by atoms with van der Waals surface area (Å²) in [6.45, 7) is 8.22. The molecule has 0 atom stereocenters. The van der Waals surface area contributed by atoms with Crippen molar-refractivity contribution in [3.63, 3.8) is 0 Å². The molecule has 3 heterocycles. The van der Waals surface area contributed by atoms with Gasteiger partial charge in [-0.05, 0) is 176 Å². The molecule has 0 saturated heterocycles. The first-order valence-corrected chi connectivity index (χ1v) is 32.4. The van der Waals surface area contributed by atoms with Crippen LogP contribution < -0.4 is 0 Å². The molecule has 0 aliphatic heterocycles. The number of benzene rings is 14. The molecule has 8 nitrogen and oxygen atoms in total. The highest BCUT2D eigenvalue weighted by molar-refractivity contribution is 6.14. The van der Waals surface area contributed by atoms with Gasteiger partial charge in [-0.15, -0.1) is 0 Å². The quantitative estimate of drug-likeness (QED) is 0.113. The Hall–Kier alpha value is -13.8. The largest absolute Gasteiger partial charge is 0.309 e. The third-order valence-electron chi connectivity index (χ3n) is 18.7. The van der Waals surface area contributed by atoms with Gasteiger partial charge in [-0.3, -0.25) is 0 Å². The van der Waals surface area contributed by atoms with E-state index in [1.54, 1.807) is 0 Å². The summed E-state index contributed by atoms with van der Waals surface area (Å²) in [5.74, 6) is 1.31. The van der Waals surface area contributed by atoms with Crippen LogP contribution in [0.1, 0.15) is 11.1 Å². The number of hydrogen-bond donors (Lipinski definition) is 0. The molecule has 0 N–H and O–H groups in total. The van der Waals surface area contributed by atoms with Crippen molar-refractivity contribution in [3.8, 4) is 136 Å². The second-order valence-electron chi connectivity index (χ2n) is 24.4. The number of nitriles is 2. The highest BCUT2D eigenvalue weighted by Gasteiger charge is 2.24. The Bertz CT molecular complexity index is 5610. The standard InChI is InChI=1S/C90H54N8/c1-93-74-30-17-29-70(49-74)77-55-72(41-47-83(77)98-86-44-38-67(61-23-10-4-11-24-61)52-80(86)81-53-68(39-45-87(81)98)62-25-12-5-13-26-62)90-95-88(64-34-32-63(33-35-64)75-31-15-14-27-73(75)57-92)94-89(96-90)71-40-46-82(76(54-71)69-28-16-18-58(48-69)56-91)97-84-42-36-65(59-19-6-2-7-20-59)50-78(84)79-51-66(37-43-85(79)97)60-21-8-3-9-22-60/h2-55H. The first-order valence-electron chi connectivity index (χ1n) is 32.4. The molecule has 0 radical (unpaired) electrons. The van der Waals surface area contributed by atoms with E-state index in [4.69, 9.17) is 21.5 Å². The fourth-order valence-corrected chi connectivity index (χ4v) is 13.9. The van der Waals surface area contributed by atoms with E-state index in [9.17, 15) is 10.5 Å². The van der Waals surface area contributed by atoms with Gasteiger partial charge in [-0.1, -0.05) is 218 Å². The highest BCUT2D eigenvalue weighted by atomic mass is 15.0. The molecular weight excluding hydrogens is 1190 g/mol. The monoisotopic (exact) mass is 1250 g/mol. The number of hydrogen-bond acceptors (Lipinski definition) is 5. The number of aromatic nitrogens is 5. The van der Waals surface area contributed by atoms with Gasteiger partial charge in [0, 0.05) is 49.4 Å². The fraction of sp³-hybridized carbons (Fsp3) is 0. The Kier molecular flexibility index (Phi) is 14.5. The maximum atomic E-state index is 10.5. The molecule has 14 aromatic carbocycles. The van der Waals surface area contributed by atoms with Gasteiger partial charge >= 0.3 is 0 Å². The average molecular weight is 1250 g/mol. The van der Waals surface area contributed by atoms with E-state index in [0.717, 1.165) is 150 Å². The van der Waals surface area contributed by atoms with Gasteiger partial charge < -0.3 is 9.13 Å². The van der Waals surface area contributed by atoms with Crippen molar-refractivity contribution in [1.82, 2.24) is 24.1 Å². The minimum atomic E-state index is 0.432. The van der Waals surface area contributed by atoms with E-state index in [1.165, 1.54) is 0 Å². The van der Waals surface area contributed by atoms with E-state index < -0.39 is 0 Å². The lowest BCUT2D eigenvalue weighted by Gasteiger charge is -2.18. The van der Waals surface area contributed by atoms with Crippen molar-refractivity contribution in [1.29, 1.82) is 10.5 Å². The highest BCUT2D eigenvalue weighted by Crippen LogP contribution is 2.45. The molecule has 0 bridgehead atoms. The summed E-state index contributed by atoms with van der Waals surface area (Å²) in [5.41, 5.74) is 23.9. The zero-order valence-electron chi connectivity index (χ0n) is 52.8. The molecule has 8 heteroatoms. The van der Waals surface area contributed by atoms with Crippen LogP contribution in [0.4, 0.5) is 5.69 Å². The van der Waals surface area contributed by atoms with Gasteiger partial charge in [0.15, 0.2) is 23.2 Å². The number of nitrogens with zero attached hydrogens (tertiary/aromatic N) is 8. The van der Waals surface area contributed by atoms with Crippen molar-refractivity contribution >= 4 is 49.3 Å². The van der Waals surface area contributed by atoms with Crippen molar-refractivity contribution in [2.75, 3.05) is 0 Å². The van der Waals surface area contributed by atoms with Gasteiger partial charge in [0.05, 0.1) is 63.3 Å². The Balaban J connectivity index is 0.883. The lowest BCUT2D eigenvalue weighted by atomic mass is 9.98. The molecule has 0 amide bonds. The van der Waals surface area contributed by atoms with E-state index in [2.05, 4.69) is 245 Å². The topological polar surface area (TPSA) is 100 Å². The molecule has 0 spiro atoms. The zero-order valence-corrected chi connectivity index (χ0v) is 52.8. The van der Waals surface area contributed by atoms with Crippen LogP contribution in [0.3, 0.4) is 0 Å². The summed E-state index contributed by atoms with van der Waals surface area (Å²) < 4.78 is 4.69. The molecule has 0 aliphatic rings. The summed E-state index contributed by atoms with van der Waals surface area (Å²) in [4.78, 5) is 20.2. The smallest absolute Gasteiger partial charge is 0.187 e. The summed E-state index contributed by atoms with van der Waals surface area (Å²) in [6.07, 6.45) is 0. The lowest BCUT2D eigenvalue weighted by Crippen LogP contribution is -2.03. The van der Waals surface area contributed by atoms with Crippen molar-refractivity contribution in [2.24, 2.45) is 0 Å². The molecule has 0 saturated carbocycles. The number of rotatable bonds is 12. The van der Waals surface area contributed by atoms with Crippen LogP contribution in [0.5, 0.6) is 0 Å². The first kappa shape index (κ1) is 58.0. The van der Waals surface area contributed by atoms with Gasteiger partial charge in [-0.2, -0.15) is 10.5 Å². The predicted molar refractivity (Wildman–Crippen MR) is 399 cm³/mol. The van der Waals surface area contributed by atoms with Crippen LogP contribution in [0.25, 0.3) is 172 Å². The fourth-order valence-electron chi connectivity index (χ4n) is 13.9. The van der Waals surface area contributed by atoms with E-state index in [1.807, 2.05) is 109 Å². The molecule has 17 aromatic rings. The van der Waals surface area contributed by atoms with Crippen LogP contribution in [0, 0.1) is 29.2 Å². The van der Waals surface area contributed by atoms with Crippen LogP contribution in [0.2, 0.25) is 0 Å². The molecule has 3 aromatic heterocycles. The third kappa shape index (κ3) is 10.5. The Morgan fingerprint density at radius 2 is 0.622 bits per heavy atom. The third-order valence-corrected chi connectivity index (χ3v) is 18.7. The van der Waals surface area contributed by atoms with Gasteiger partial charge in [0.1, 0.15) is 0 Å². The van der Waals surface area contributed by atoms with Crippen molar-refractivity contribution in [2.45, 2.75) is 0 Å². The predicted octanol–water partition coefficient (Wildman–Crippen LogP) is 23.0. The Labute approximate surface area is 566 Å². The van der Waals surface area contributed by atoms with Gasteiger partial charge in [0.2, 0.25) is 0 Å². The molecule has 454 valence electrons. The molecule has 0 fully saturated rings.